The topological polar surface area (TPSA) is 70.7 Å². The van der Waals surface area contributed by atoms with Gasteiger partial charge in [-0.15, -0.1) is 5.10 Å². The van der Waals surface area contributed by atoms with Gasteiger partial charge in [-0.25, -0.2) is 4.98 Å². The standard InChI is InChI=1S/C10H18N4O/c1-5-7-12-8(14-13-7)9(15)11-6-10(2,3)4/h5-6H2,1-4H3,(H,11,15)(H,12,13,14). The van der Waals surface area contributed by atoms with Gasteiger partial charge in [0.2, 0.25) is 5.82 Å². The van der Waals surface area contributed by atoms with Crippen LogP contribution >= 0.6 is 0 Å². The zero-order valence-corrected chi connectivity index (χ0v) is 9.72. The van der Waals surface area contributed by atoms with Crippen molar-refractivity contribution in [3.05, 3.63) is 11.6 Å². The Labute approximate surface area is 89.7 Å². The van der Waals surface area contributed by atoms with E-state index in [1.165, 1.54) is 0 Å². The maximum Gasteiger partial charge on any atom is 0.290 e. The van der Waals surface area contributed by atoms with Crippen LogP contribution in [-0.2, 0) is 6.42 Å². The van der Waals surface area contributed by atoms with E-state index in [2.05, 4.69) is 41.3 Å². The first-order chi connectivity index (χ1) is 6.92. The van der Waals surface area contributed by atoms with E-state index in [1.807, 2.05) is 6.92 Å². The molecule has 0 aromatic carbocycles. The van der Waals surface area contributed by atoms with E-state index < -0.39 is 0 Å². The van der Waals surface area contributed by atoms with Crippen molar-refractivity contribution in [2.45, 2.75) is 34.1 Å². The van der Waals surface area contributed by atoms with Crippen molar-refractivity contribution in [3.63, 3.8) is 0 Å². The highest BCUT2D eigenvalue weighted by molar-refractivity contribution is 5.90. The van der Waals surface area contributed by atoms with Crippen LogP contribution in [0, 0.1) is 5.41 Å². The highest BCUT2D eigenvalue weighted by atomic mass is 16.2. The second-order valence-corrected chi connectivity index (χ2v) is 4.70. The number of aryl methyl sites for hydroxylation is 1. The molecule has 1 amide bonds. The lowest BCUT2D eigenvalue weighted by Crippen LogP contribution is -2.32. The number of aromatic nitrogens is 3. The molecule has 0 radical (unpaired) electrons. The molecule has 2 N–H and O–H groups in total. The average molecular weight is 210 g/mol. The molecule has 1 rings (SSSR count). The van der Waals surface area contributed by atoms with Gasteiger partial charge >= 0.3 is 0 Å². The number of rotatable bonds is 3. The molecule has 0 saturated carbocycles. The molecule has 0 aliphatic carbocycles. The van der Waals surface area contributed by atoms with Crippen LogP contribution in [0.15, 0.2) is 0 Å². The van der Waals surface area contributed by atoms with E-state index in [0.717, 1.165) is 12.2 Å². The summed E-state index contributed by atoms with van der Waals surface area (Å²) in [5.74, 6) is 0.730. The van der Waals surface area contributed by atoms with Crippen molar-refractivity contribution in [2.75, 3.05) is 6.54 Å². The van der Waals surface area contributed by atoms with Crippen molar-refractivity contribution in [3.8, 4) is 0 Å². The van der Waals surface area contributed by atoms with Crippen LogP contribution in [-0.4, -0.2) is 27.6 Å². The highest BCUT2D eigenvalue weighted by Gasteiger charge is 2.15. The molecule has 0 atom stereocenters. The number of aromatic amines is 1. The van der Waals surface area contributed by atoms with Gasteiger partial charge in [-0.2, -0.15) is 0 Å². The smallest absolute Gasteiger partial charge is 0.290 e. The second kappa shape index (κ2) is 4.42. The molecule has 5 heteroatoms. The third kappa shape index (κ3) is 3.69. The van der Waals surface area contributed by atoms with E-state index in [4.69, 9.17) is 0 Å². The van der Waals surface area contributed by atoms with Gasteiger partial charge in [-0.3, -0.25) is 9.89 Å². The zero-order valence-electron chi connectivity index (χ0n) is 9.72. The monoisotopic (exact) mass is 210 g/mol. The Bertz CT molecular complexity index is 337. The van der Waals surface area contributed by atoms with Gasteiger partial charge in [0.05, 0.1) is 0 Å². The molecule has 1 aromatic heterocycles. The van der Waals surface area contributed by atoms with Gasteiger partial charge in [0.1, 0.15) is 5.82 Å². The molecule has 1 aromatic rings. The fourth-order valence-electron chi connectivity index (χ4n) is 0.979. The van der Waals surface area contributed by atoms with Gasteiger partial charge in [0, 0.05) is 13.0 Å². The number of carbonyl (C=O) groups is 1. The Morgan fingerprint density at radius 1 is 1.47 bits per heavy atom. The summed E-state index contributed by atoms with van der Waals surface area (Å²) < 4.78 is 0. The lowest BCUT2D eigenvalue weighted by Gasteiger charge is -2.17. The fraction of sp³-hybridized carbons (Fsp3) is 0.700. The largest absolute Gasteiger partial charge is 0.349 e. The van der Waals surface area contributed by atoms with Crippen molar-refractivity contribution >= 4 is 5.91 Å². The first-order valence-corrected chi connectivity index (χ1v) is 5.12. The van der Waals surface area contributed by atoms with Crippen LogP contribution in [0.5, 0.6) is 0 Å². The van der Waals surface area contributed by atoms with Crippen LogP contribution in [0.2, 0.25) is 0 Å². The minimum Gasteiger partial charge on any atom is -0.349 e. The summed E-state index contributed by atoms with van der Waals surface area (Å²) in [6.07, 6.45) is 0.750. The van der Waals surface area contributed by atoms with E-state index in [9.17, 15) is 4.79 Å². The molecule has 0 aliphatic heterocycles. The highest BCUT2D eigenvalue weighted by Crippen LogP contribution is 2.10. The third-order valence-electron chi connectivity index (χ3n) is 1.85. The van der Waals surface area contributed by atoms with E-state index in [-0.39, 0.29) is 17.1 Å². The lowest BCUT2D eigenvalue weighted by atomic mass is 9.97. The Kier molecular flexibility index (Phi) is 3.44. The van der Waals surface area contributed by atoms with Crippen molar-refractivity contribution < 1.29 is 4.79 Å². The summed E-state index contributed by atoms with van der Waals surface area (Å²) >= 11 is 0. The maximum absolute atomic E-state index is 11.6. The molecule has 0 aliphatic rings. The second-order valence-electron chi connectivity index (χ2n) is 4.70. The third-order valence-corrected chi connectivity index (χ3v) is 1.85. The SMILES string of the molecule is CCc1nc(C(=O)NCC(C)(C)C)n[nH]1. The van der Waals surface area contributed by atoms with Crippen LogP contribution in [0.25, 0.3) is 0 Å². The minimum atomic E-state index is -0.221. The Hall–Kier alpha value is -1.39. The maximum atomic E-state index is 11.6. The van der Waals surface area contributed by atoms with E-state index >= 15 is 0 Å². The average Bonchev–Trinajstić information content (AvgIpc) is 2.61. The van der Waals surface area contributed by atoms with Gasteiger partial charge in [0.15, 0.2) is 0 Å². The van der Waals surface area contributed by atoms with Gasteiger partial charge in [-0.05, 0) is 5.41 Å². The Morgan fingerprint density at radius 2 is 2.13 bits per heavy atom. The molecular formula is C10H18N4O. The molecule has 0 saturated heterocycles. The number of nitrogens with one attached hydrogen (secondary N) is 2. The first-order valence-electron chi connectivity index (χ1n) is 5.12. The minimum absolute atomic E-state index is 0.0690. The van der Waals surface area contributed by atoms with Crippen LogP contribution in [0.4, 0.5) is 0 Å². The molecular weight excluding hydrogens is 192 g/mol. The summed E-state index contributed by atoms with van der Waals surface area (Å²) in [6, 6.07) is 0. The van der Waals surface area contributed by atoms with Gasteiger partial charge < -0.3 is 5.32 Å². The summed E-state index contributed by atoms with van der Waals surface area (Å²) in [7, 11) is 0. The Morgan fingerprint density at radius 3 is 2.60 bits per heavy atom. The van der Waals surface area contributed by atoms with Crippen molar-refractivity contribution in [1.82, 2.24) is 20.5 Å². The molecule has 0 unspecified atom stereocenters. The van der Waals surface area contributed by atoms with Gasteiger partial charge in [0.25, 0.3) is 5.91 Å². The molecule has 15 heavy (non-hydrogen) atoms. The molecule has 0 bridgehead atoms. The van der Waals surface area contributed by atoms with Gasteiger partial charge in [-0.1, -0.05) is 27.7 Å². The number of carbonyl (C=O) groups excluding carboxylic acids is 1. The predicted molar refractivity (Wildman–Crippen MR) is 57.5 cm³/mol. The van der Waals surface area contributed by atoms with Crippen molar-refractivity contribution in [1.29, 1.82) is 0 Å². The fourth-order valence-corrected chi connectivity index (χ4v) is 0.979. The van der Waals surface area contributed by atoms with Crippen LogP contribution in [0.1, 0.15) is 44.1 Å². The molecule has 0 fully saturated rings. The quantitative estimate of drug-likeness (QED) is 0.786. The number of hydrogen-bond donors (Lipinski definition) is 2. The normalized spacial score (nSPS) is 11.5. The summed E-state index contributed by atoms with van der Waals surface area (Å²) in [5, 5.41) is 9.34. The predicted octanol–water partition coefficient (Wildman–Crippen LogP) is 1.14. The number of amides is 1. The molecule has 0 spiro atoms. The Balaban J connectivity index is 2.54. The van der Waals surface area contributed by atoms with Crippen LogP contribution < -0.4 is 5.32 Å². The number of H-pyrrole nitrogens is 1. The van der Waals surface area contributed by atoms with E-state index in [0.29, 0.717) is 6.54 Å². The molecule has 84 valence electrons. The van der Waals surface area contributed by atoms with Crippen LogP contribution in [0.3, 0.4) is 0 Å². The van der Waals surface area contributed by atoms with Crippen molar-refractivity contribution in [2.24, 2.45) is 5.41 Å². The summed E-state index contributed by atoms with van der Waals surface area (Å²) in [6.45, 7) is 8.74. The zero-order chi connectivity index (χ0) is 11.5. The number of nitrogens with zero attached hydrogens (tertiary/aromatic N) is 2. The number of hydrogen-bond acceptors (Lipinski definition) is 3. The summed E-state index contributed by atoms with van der Waals surface area (Å²) in [4.78, 5) is 15.6. The molecule has 1 heterocycles. The first kappa shape index (κ1) is 11.7. The summed E-state index contributed by atoms with van der Waals surface area (Å²) in [5.41, 5.74) is 0.0690. The molecule has 5 nitrogen and oxygen atoms in total. The lowest BCUT2D eigenvalue weighted by molar-refractivity contribution is 0.0929. The van der Waals surface area contributed by atoms with E-state index in [1.54, 1.807) is 0 Å².